The Hall–Kier alpha value is -1.19. The Labute approximate surface area is 126 Å². The van der Waals surface area contributed by atoms with E-state index in [0.29, 0.717) is 0 Å². The zero-order valence-electron chi connectivity index (χ0n) is 12.8. The Bertz CT molecular complexity index is 550. The summed E-state index contributed by atoms with van der Waals surface area (Å²) in [6, 6.07) is 10.4. The minimum atomic E-state index is -0.256. The fraction of sp³-hybridized carbons (Fsp3) is 0.471. The average Bonchev–Trinajstić information content (AvgIpc) is 2.77. The van der Waals surface area contributed by atoms with E-state index < -0.39 is 0 Å². The first-order valence-corrected chi connectivity index (χ1v) is 7.92. The van der Waals surface area contributed by atoms with Gasteiger partial charge in [0, 0.05) is 22.8 Å². The van der Waals surface area contributed by atoms with E-state index in [0.717, 1.165) is 23.5 Å². The van der Waals surface area contributed by atoms with Crippen LogP contribution in [0.5, 0.6) is 0 Å². The van der Waals surface area contributed by atoms with Crippen LogP contribution in [0.4, 0.5) is 0 Å². The van der Waals surface area contributed by atoms with Crippen molar-refractivity contribution < 1.29 is 0 Å². The quantitative estimate of drug-likeness (QED) is 0.925. The molecule has 2 nitrogen and oxygen atoms in total. The fourth-order valence-corrected chi connectivity index (χ4v) is 3.42. The number of aromatic nitrogens is 1. The minimum absolute atomic E-state index is 0.110. The molecule has 108 valence electrons. The van der Waals surface area contributed by atoms with Crippen LogP contribution < -0.4 is 5.73 Å². The predicted molar refractivity (Wildman–Crippen MR) is 87.3 cm³/mol. The van der Waals surface area contributed by atoms with Crippen molar-refractivity contribution in [3.05, 3.63) is 52.0 Å². The van der Waals surface area contributed by atoms with Crippen LogP contribution in [0.2, 0.25) is 0 Å². The Morgan fingerprint density at radius 3 is 2.25 bits per heavy atom. The van der Waals surface area contributed by atoms with Crippen LogP contribution in [0.15, 0.2) is 35.7 Å². The standard InChI is InChI=1S/C17H24N2S/c1-16(2,3)14-12-20-15(19-14)11-17(4,18)10-13-8-6-5-7-9-13/h5-9,12H,10-11,18H2,1-4H3. The molecule has 20 heavy (non-hydrogen) atoms. The van der Waals surface area contributed by atoms with E-state index in [2.05, 4.69) is 57.3 Å². The van der Waals surface area contributed by atoms with Crippen molar-refractivity contribution in [2.45, 2.75) is 51.5 Å². The lowest BCUT2D eigenvalue weighted by molar-refractivity contribution is 0.460. The molecule has 1 atom stereocenters. The van der Waals surface area contributed by atoms with Gasteiger partial charge in [0.1, 0.15) is 0 Å². The smallest absolute Gasteiger partial charge is 0.0946 e. The Morgan fingerprint density at radius 1 is 1.05 bits per heavy atom. The number of nitrogens with two attached hydrogens (primary N) is 1. The van der Waals surface area contributed by atoms with E-state index >= 15 is 0 Å². The first-order valence-electron chi connectivity index (χ1n) is 7.04. The van der Waals surface area contributed by atoms with E-state index in [4.69, 9.17) is 10.7 Å². The van der Waals surface area contributed by atoms with Gasteiger partial charge >= 0.3 is 0 Å². The molecule has 2 aromatic rings. The first-order chi connectivity index (χ1) is 9.26. The van der Waals surface area contributed by atoms with E-state index in [1.165, 1.54) is 5.56 Å². The lowest BCUT2D eigenvalue weighted by Gasteiger charge is -2.23. The first kappa shape index (κ1) is 15.2. The van der Waals surface area contributed by atoms with Gasteiger partial charge in [0.05, 0.1) is 10.7 Å². The average molecular weight is 288 g/mol. The number of hydrogen-bond donors (Lipinski definition) is 1. The number of benzene rings is 1. The predicted octanol–water partition coefficient (Wildman–Crippen LogP) is 3.94. The molecule has 2 N–H and O–H groups in total. The van der Waals surface area contributed by atoms with Gasteiger partial charge in [0.2, 0.25) is 0 Å². The summed E-state index contributed by atoms with van der Waals surface area (Å²) < 4.78 is 0. The molecule has 0 aliphatic heterocycles. The summed E-state index contributed by atoms with van der Waals surface area (Å²) >= 11 is 1.72. The van der Waals surface area contributed by atoms with E-state index in [1.54, 1.807) is 11.3 Å². The highest BCUT2D eigenvalue weighted by Gasteiger charge is 2.23. The Kier molecular flexibility index (Phi) is 4.31. The summed E-state index contributed by atoms with van der Waals surface area (Å²) in [4.78, 5) is 4.75. The van der Waals surface area contributed by atoms with Crippen molar-refractivity contribution in [3.8, 4) is 0 Å². The van der Waals surface area contributed by atoms with Crippen molar-refractivity contribution in [2.75, 3.05) is 0 Å². The van der Waals surface area contributed by atoms with Crippen molar-refractivity contribution in [3.63, 3.8) is 0 Å². The molecular weight excluding hydrogens is 264 g/mol. The Balaban J connectivity index is 2.06. The summed E-state index contributed by atoms with van der Waals surface area (Å²) in [6.45, 7) is 8.69. The van der Waals surface area contributed by atoms with Gasteiger partial charge in [0.15, 0.2) is 0 Å². The topological polar surface area (TPSA) is 38.9 Å². The number of nitrogens with zero attached hydrogens (tertiary/aromatic N) is 1. The normalized spacial score (nSPS) is 15.1. The Morgan fingerprint density at radius 2 is 1.70 bits per heavy atom. The maximum Gasteiger partial charge on any atom is 0.0946 e. The summed E-state index contributed by atoms with van der Waals surface area (Å²) in [5, 5.41) is 3.30. The largest absolute Gasteiger partial charge is 0.325 e. The fourth-order valence-electron chi connectivity index (χ4n) is 2.21. The molecule has 0 bridgehead atoms. The van der Waals surface area contributed by atoms with Gasteiger partial charge in [-0.1, -0.05) is 51.1 Å². The second kappa shape index (κ2) is 5.66. The van der Waals surface area contributed by atoms with Gasteiger partial charge in [-0.2, -0.15) is 0 Å². The van der Waals surface area contributed by atoms with Crippen LogP contribution in [0.1, 0.15) is 44.0 Å². The number of hydrogen-bond acceptors (Lipinski definition) is 3. The highest BCUT2D eigenvalue weighted by Crippen LogP contribution is 2.26. The lowest BCUT2D eigenvalue weighted by Crippen LogP contribution is -2.40. The van der Waals surface area contributed by atoms with Gasteiger partial charge in [-0.05, 0) is 18.9 Å². The van der Waals surface area contributed by atoms with Crippen LogP contribution in [0.25, 0.3) is 0 Å². The molecule has 2 rings (SSSR count). The SMILES string of the molecule is CC(N)(Cc1ccccc1)Cc1nc(C(C)(C)C)cs1. The van der Waals surface area contributed by atoms with Gasteiger partial charge < -0.3 is 5.73 Å². The van der Waals surface area contributed by atoms with E-state index in [1.807, 2.05) is 6.07 Å². The van der Waals surface area contributed by atoms with Crippen LogP contribution in [-0.2, 0) is 18.3 Å². The summed E-state index contributed by atoms with van der Waals surface area (Å²) in [7, 11) is 0. The van der Waals surface area contributed by atoms with Gasteiger partial charge in [0.25, 0.3) is 0 Å². The molecule has 1 heterocycles. The molecule has 0 aliphatic rings. The third-order valence-electron chi connectivity index (χ3n) is 3.33. The highest BCUT2D eigenvalue weighted by molar-refractivity contribution is 7.09. The lowest BCUT2D eigenvalue weighted by atomic mass is 9.90. The summed E-state index contributed by atoms with van der Waals surface area (Å²) in [6.07, 6.45) is 1.70. The van der Waals surface area contributed by atoms with Gasteiger partial charge in [-0.15, -0.1) is 11.3 Å². The molecule has 1 unspecified atom stereocenters. The van der Waals surface area contributed by atoms with Crippen molar-refractivity contribution in [1.82, 2.24) is 4.98 Å². The van der Waals surface area contributed by atoms with E-state index in [-0.39, 0.29) is 11.0 Å². The summed E-state index contributed by atoms with van der Waals surface area (Å²) in [5.41, 5.74) is 8.76. The molecule has 0 spiro atoms. The molecule has 1 aromatic heterocycles. The van der Waals surface area contributed by atoms with Crippen LogP contribution in [0, 0.1) is 0 Å². The van der Waals surface area contributed by atoms with Crippen LogP contribution in [-0.4, -0.2) is 10.5 Å². The van der Waals surface area contributed by atoms with Crippen LogP contribution >= 0.6 is 11.3 Å². The summed E-state index contributed by atoms with van der Waals surface area (Å²) in [5.74, 6) is 0. The van der Waals surface area contributed by atoms with Crippen molar-refractivity contribution in [1.29, 1.82) is 0 Å². The maximum atomic E-state index is 6.47. The molecule has 1 aromatic carbocycles. The van der Waals surface area contributed by atoms with Gasteiger partial charge in [-0.3, -0.25) is 0 Å². The third kappa shape index (κ3) is 4.15. The molecule has 3 heteroatoms. The molecule has 0 aliphatic carbocycles. The zero-order chi connectivity index (χ0) is 14.8. The number of thiazole rings is 1. The second-order valence-electron chi connectivity index (χ2n) is 6.87. The molecule has 0 saturated carbocycles. The zero-order valence-corrected chi connectivity index (χ0v) is 13.6. The minimum Gasteiger partial charge on any atom is -0.325 e. The third-order valence-corrected chi connectivity index (χ3v) is 4.17. The molecule has 0 saturated heterocycles. The maximum absolute atomic E-state index is 6.47. The monoisotopic (exact) mass is 288 g/mol. The van der Waals surface area contributed by atoms with E-state index in [9.17, 15) is 0 Å². The second-order valence-corrected chi connectivity index (χ2v) is 7.81. The van der Waals surface area contributed by atoms with Gasteiger partial charge in [-0.25, -0.2) is 4.98 Å². The molecule has 0 fully saturated rings. The molecule has 0 amide bonds. The van der Waals surface area contributed by atoms with Crippen molar-refractivity contribution in [2.24, 2.45) is 5.73 Å². The molecule has 0 radical (unpaired) electrons. The number of rotatable bonds is 4. The van der Waals surface area contributed by atoms with Crippen molar-refractivity contribution >= 4 is 11.3 Å². The highest BCUT2D eigenvalue weighted by atomic mass is 32.1. The molecular formula is C17H24N2S. The van der Waals surface area contributed by atoms with Crippen LogP contribution in [0.3, 0.4) is 0 Å².